The lowest BCUT2D eigenvalue weighted by Gasteiger charge is -2.32. The van der Waals surface area contributed by atoms with Gasteiger partial charge in [0.25, 0.3) is 0 Å². The molecule has 0 saturated carbocycles. The lowest BCUT2D eigenvalue weighted by atomic mass is 10.1. The fourth-order valence-corrected chi connectivity index (χ4v) is 4.42. The van der Waals surface area contributed by atoms with E-state index in [-0.39, 0.29) is 24.2 Å². The van der Waals surface area contributed by atoms with Crippen LogP contribution in [-0.2, 0) is 16.1 Å². The minimum absolute atomic E-state index is 0.0166. The first-order chi connectivity index (χ1) is 14.5. The molecule has 0 radical (unpaired) electrons. The van der Waals surface area contributed by atoms with Crippen molar-refractivity contribution in [2.24, 2.45) is 5.92 Å². The highest BCUT2D eigenvalue weighted by Gasteiger charge is 2.35. The second-order valence-corrected chi connectivity index (χ2v) is 9.07. The molecule has 2 aromatic carbocycles. The Balaban J connectivity index is 1.36. The van der Waals surface area contributed by atoms with Gasteiger partial charge in [0.1, 0.15) is 0 Å². The van der Waals surface area contributed by atoms with Crippen molar-refractivity contribution in [1.82, 2.24) is 9.80 Å². The molecule has 0 aliphatic carbocycles. The second kappa shape index (κ2) is 9.29. The van der Waals surface area contributed by atoms with Gasteiger partial charge in [0.05, 0.1) is 5.92 Å². The number of halogens is 1. The number of hydrogen-bond donors (Lipinski definition) is 1. The number of likely N-dealkylation sites (N-methyl/N-ethyl adjacent to an activating group) is 1. The smallest absolute Gasteiger partial charge is 0.229 e. The first-order valence-corrected chi connectivity index (χ1v) is 11.1. The van der Waals surface area contributed by atoms with E-state index in [1.165, 1.54) is 5.56 Å². The van der Waals surface area contributed by atoms with Crippen molar-refractivity contribution >= 4 is 39.1 Å². The number of piperazine rings is 1. The van der Waals surface area contributed by atoms with Crippen LogP contribution < -0.4 is 10.2 Å². The van der Waals surface area contributed by atoms with Crippen molar-refractivity contribution < 1.29 is 9.59 Å². The van der Waals surface area contributed by atoms with Crippen molar-refractivity contribution in [2.45, 2.75) is 13.0 Å². The van der Waals surface area contributed by atoms with E-state index in [1.807, 2.05) is 42.5 Å². The molecule has 2 heterocycles. The van der Waals surface area contributed by atoms with Gasteiger partial charge < -0.3 is 15.1 Å². The lowest BCUT2D eigenvalue weighted by molar-refractivity contribution is -0.122. The molecule has 7 heteroatoms. The van der Waals surface area contributed by atoms with E-state index in [0.717, 1.165) is 48.6 Å². The first kappa shape index (κ1) is 21.0. The Labute approximate surface area is 186 Å². The average Bonchev–Trinajstić information content (AvgIpc) is 3.12. The summed E-state index contributed by atoms with van der Waals surface area (Å²) in [6, 6.07) is 15.6. The standard InChI is InChI=1S/C23H27BrN4O2/c1-26-8-10-27(11-9-26)15-17-4-2-6-20(12-17)25-23(30)18-13-22(29)28(16-18)21-7-3-5-19(24)14-21/h2-7,12,14,18H,8-11,13,15-16H2,1H3,(H,25,30). The molecule has 1 N–H and O–H groups in total. The summed E-state index contributed by atoms with van der Waals surface area (Å²) in [5.74, 6) is -0.465. The molecule has 0 aromatic heterocycles. The number of anilines is 2. The summed E-state index contributed by atoms with van der Waals surface area (Å²) in [6.45, 7) is 5.57. The van der Waals surface area contributed by atoms with Gasteiger partial charge in [-0.1, -0.05) is 34.1 Å². The third-order valence-electron chi connectivity index (χ3n) is 5.81. The van der Waals surface area contributed by atoms with Crippen LogP contribution in [0.1, 0.15) is 12.0 Å². The molecule has 1 unspecified atom stereocenters. The zero-order chi connectivity index (χ0) is 21.1. The number of benzene rings is 2. The molecule has 2 aliphatic heterocycles. The van der Waals surface area contributed by atoms with Gasteiger partial charge in [-0.15, -0.1) is 0 Å². The summed E-state index contributed by atoms with van der Waals surface area (Å²) in [5.41, 5.74) is 2.80. The molecule has 2 amide bonds. The lowest BCUT2D eigenvalue weighted by Crippen LogP contribution is -2.43. The predicted octanol–water partition coefficient (Wildman–Crippen LogP) is 3.19. The molecule has 2 aromatic rings. The quantitative estimate of drug-likeness (QED) is 0.728. The van der Waals surface area contributed by atoms with Crippen molar-refractivity contribution in [1.29, 1.82) is 0 Å². The van der Waals surface area contributed by atoms with E-state index in [1.54, 1.807) is 4.90 Å². The van der Waals surface area contributed by atoms with Crippen LogP contribution in [0.3, 0.4) is 0 Å². The van der Waals surface area contributed by atoms with Gasteiger partial charge in [-0.25, -0.2) is 0 Å². The summed E-state index contributed by atoms with van der Waals surface area (Å²) >= 11 is 3.44. The number of rotatable bonds is 5. The molecule has 6 nitrogen and oxygen atoms in total. The van der Waals surface area contributed by atoms with Gasteiger partial charge >= 0.3 is 0 Å². The molecule has 4 rings (SSSR count). The van der Waals surface area contributed by atoms with Gasteiger partial charge in [0, 0.05) is 61.5 Å². The number of nitrogens with zero attached hydrogens (tertiary/aromatic N) is 3. The Bertz CT molecular complexity index is 927. The Kier molecular flexibility index (Phi) is 6.51. The van der Waals surface area contributed by atoms with Crippen LogP contribution in [0.4, 0.5) is 11.4 Å². The highest BCUT2D eigenvalue weighted by atomic mass is 79.9. The van der Waals surface area contributed by atoms with Crippen molar-refractivity contribution in [3.63, 3.8) is 0 Å². The largest absolute Gasteiger partial charge is 0.326 e. The minimum Gasteiger partial charge on any atom is -0.326 e. The van der Waals surface area contributed by atoms with Crippen molar-refractivity contribution in [3.8, 4) is 0 Å². The van der Waals surface area contributed by atoms with E-state index >= 15 is 0 Å². The van der Waals surface area contributed by atoms with Crippen LogP contribution in [0.2, 0.25) is 0 Å². The van der Waals surface area contributed by atoms with Crippen LogP contribution in [-0.4, -0.2) is 61.4 Å². The second-order valence-electron chi connectivity index (χ2n) is 8.15. The van der Waals surface area contributed by atoms with Gasteiger partial charge in [0.2, 0.25) is 11.8 Å². The average molecular weight is 471 g/mol. The summed E-state index contributed by atoms with van der Waals surface area (Å²) in [7, 11) is 2.15. The Morgan fingerprint density at radius 2 is 1.87 bits per heavy atom. The van der Waals surface area contributed by atoms with Crippen LogP contribution >= 0.6 is 15.9 Å². The van der Waals surface area contributed by atoms with E-state index in [0.29, 0.717) is 6.54 Å². The summed E-state index contributed by atoms with van der Waals surface area (Å²) in [5, 5.41) is 3.02. The number of amides is 2. The third-order valence-corrected chi connectivity index (χ3v) is 6.31. The molecular weight excluding hydrogens is 444 g/mol. The van der Waals surface area contributed by atoms with Crippen LogP contribution in [0.25, 0.3) is 0 Å². The Hall–Kier alpha value is -2.22. The maximum absolute atomic E-state index is 12.8. The molecule has 2 aliphatic rings. The van der Waals surface area contributed by atoms with E-state index in [9.17, 15) is 9.59 Å². The summed E-state index contributed by atoms with van der Waals surface area (Å²) < 4.78 is 0.915. The monoisotopic (exact) mass is 470 g/mol. The molecule has 0 bridgehead atoms. The Morgan fingerprint density at radius 1 is 1.10 bits per heavy atom. The van der Waals surface area contributed by atoms with Gasteiger partial charge in [-0.2, -0.15) is 0 Å². The fraction of sp³-hybridized carbons (Fsp3) is 0.391. The number of carbonyl (C=O) groups is 2. The molecule has 2 fully saturated rings. The fourth-order valence-electron chi connectivity index (χ4n) is 4.03. The third kappa shape index (κ3) is 5.09. The maximum Gasteiger partial charge on any atom is 0.229 e. The predicted molar refractivity (Wildman–Crippen MR) is 122 cm³/mol. The number of nitrogens with one attached hydrogen (secondary N) is 1. The van der Waals surface area contributed by atoms with Crippen LogP contribution in [0.5, 0.6) is 0 Å². The van der Waals surface area contributed by atoms with E-state index in [2.05, 4.69) is 44.2 Å². The van der Waals surface area contributed by atoms with Gasteiger partial charge in [-0.3, -0.25) is 14.5 Å². The molecule has 30 heavy (non-hydrogen) atoms. The maximum atomic E-state index is 12.8. The van der Waals surface area contributed by atoms with Gasteiger partial charge in [-0.05, 0) is 42.9 Å². The normalized spacial score (nSPS) is 20.5. The summed E-state index contributed by atoms with van der Waals surface area (Å²) in [4.78, 5) is 31.8. The van der Waals surface area contributed by atoms with Crippen molar-refractivity contribution in [2.75, 3.05) is 50.0 Å². The highest BCUT2D eigenvalue weighted by molar-refractivity contribution is 9.10. The SMILES string of the molecule is CN1CCN(Cc2cccc(NC(=O)C3CC(=O)N(c4cccc(Br)c4)C3)c2)CC1. The number of carbonyl (C=O) groups excluding carboxylic acids is 2. The molecule has 1 atom stereocenters. The molecule has 158 valence electrons. The topological polar surface area (TPSA) is 55.9 Å². The molecule has 0 spiro atoms. The van der Waals surface area contributed by atoms with Gasteiger partial charge in [0.15, 0.2) is 0 Å². The Morgan fingerprint density at radius 3 is 2.63 bits per heavy atom. The first-order valence-electron chi connectivity index (χ1n) is 10.3. The highest BCUT2D eigenvalue weighted by Crippen LogP contribution is 2.28. The molecule has 2 saturated heterocycles. The zero-order valence-corrected chi connectivity index (χ0v) is 18.8. The zero-order valence-electron chi connectivity index (χ0n) is 17.2. The summed E-state index contributed by atoms with van der Waals surface area (Å²) in [6.07, 6.45) is 0.235. The van der Waals surface area contributed by atoms with Crippen molar-refractivity contribution in [3.05, 3.63) is 58.6 Å². The van der Waals surface area contributed by atoms with E-state index < -0.39 is 0 Å². The minimum atomic E-state index is -0.349. The van der Waals surface area contributed by atoms with E-state index in [4.69, 9.17) is 0 Å². The molecular formula is C23H27BrN4O2. The van der Waals surface area contributed by atoms with Crippen LogP contribution in [0.15, 0.2) is 53.0 Å². The van der Waals surface area contributed by atoms with Crippen LogP contribution in [0, 0.1) is 5.92 Å². The number of hydrogen-bond acceptors (Lipinski definition) is 4.